The SMILES string of the molecule is CC(C)(C)c1ccc(OCC(=O)N/N=C/c2cccc(OC(=O)c3ccc([N+](=O)[O-])cc3)c2)cc1. The summed E-state index contributed by atoms with van der Waals surface area (Å²) in [4.78, 5) is 34.5. The van der Waals surface area contributed by atoms with Crippen LogP contribution in [0.4, 0.5) is 5.69 Å². The number of carbonyl (C=O) groups excluding carboxylic acids is 2. The number of esters is 1. The molecule has 35 heavy (non-hydrogen) atoms. The van der Waals surface area contributed by atoms with Crippen molar-refractivity contribution in [2.24, 2.45) is 5.10 Å². The van der Waals surface area contributed by atoms with Gasteiger partial charge in [-0.05, 0) is 52.9 Å². The molecule has 1 N–H and O–H groups in total. The fourth-order valence-electron chi connectivity index (χ4n) is 2.95. The number of hydrogen-bond donors (Lipinski definition) is 1. The topological polar surface area (TPSA) is 120 Å². The second kappa shape index (κ2) is 11.1. The third-order valence-electron chi connectivity index (χ3n) is 4.88. The van der Waals surface area contributed by atoms with Gasteiger partial charge in [-0.15, -0.1) is 0 Å². The van der Waals surface area contributed by atoms with Crippen LogP contribution in [0, 0.1) is 10.1 Å². The first-order chi connectivity index (χ1) is 16.6. The van der Waals surface area contributed by atoms with Gasteiger partial charge >= 0.3 is 5.97 Å². The second-order valence-electron chi connectivity index (χ2n) is 8.62. The quantitative estimate of drug-likeness (QED) is 0.167. The van der Waals surface area contributed by atoms with Crippen LogP contribution in [0.5, 0.6) is 11.5 Å². The van der Waals surface area contributed by atoms with Crippen LogP contribution in [0.3, 0.4) is 0 Å². The van der Waals surface area contributed by atoms with E-state index in [1.807, 2.05) is 24.3 Å². The highest BCUT2D eigenvalue weighted by Gasteiger charge is 2.13. The maximum Gasteiger partial charge on any atom is 0.343 e. The van der Waals surface area contributed by atoms with Gasteiger partial charge in [0.2, 0.25) is 0 Å². The lowest BCUT2D eigenvalue weighted by Crippen LogP contribution is -2.24. The number of carbonyl (C=O) groups is 2. The summed E-state index contributed by atoms with van der Waals surface area (Å²) in [5.41, 5.74) is 4.22. The van der Waals surface area contributed by atoms with Gasteiger partial charge in [-0.2, -0.15) is 5.10 Å². The maximum atomic E-state index is 12.3. The van der Waals surface area contributed by atoms with Crippen LogP contribution in [0.1, 0.15) is 42.3 Å². The number of non-ortho nitro benzene ring substituents is 1. The minimum Gasteiger partial charge on any atom is -0.484 e. The Bertz CT molecular complexity index is 1230. The van der Waals surface area contributed by atoms with Crippen LogP contribution in [0.25, 0.3) is 0 Å². The van der Waals surface area contributed by atoms with Gasteiger partial charge in [0, 0.05) is 12.1 Å². The number of hydrazone groups is 1. The fraction of sp³-hybridized carbons (Fsp3) is 0.192. The zero-order valence-electron chi connectivity index (χ0n) is 19.6. The van der Waals surface area contributed by atoms with Crippen molar-refractivity contribution in [3.63, 3.8) is 0 Å². The number of nitro groups is 1. The van der Waals surface area contributed by atoms with Crippen molar-refractivity contribution in [3.8, 4) is 11.5 Å². The molecule has 0 spiro atoms. The lowest BCUT2D eigenvalue weighted by atomic mass is 9.87. The molecule has 3 rings (SSSR count). The molecule has 0 heterocycles. The molecule has 1 amide bonds. The number of nitro benzene ring substituents is 1. The summed E-state index contributed by atoms with van der Waals surface area (Å²) in [6, 6.07) is 19.2. The summed E-state index contributed by atoms with van der Waals surface area (Å²) < 4.78 is 10.8. The highest BCUT2D eigenvalue weighted by atomic mass is 16.6. The fourth-order valence-corrected chi connectivity index (χ4v) is 2.95. The van der Waals surface area contributed by atoms with Gasteiger partial charge in [-0.25, -0.2) is 10.2 Å². The molecule has 0 unspecified atom stereocenters. The van der Waals surface area contributed by atoms with E-state index in [-0.39, 0.29) is 29.0 Å². The van der Waals surface area contributed by atoms with Crippen molar-refractivity contribution in [2.45, 2.75) is 26.2 Å². The molecule has 0 bridgehead atoms. The first-order valence-electron chi connectivity index (χ1n) is 10.7. The van der Waals surface area contributed by atoms with Crippen molar-refractivity contribution in [1.29, 1.82) is 0 Å². The molecule has 0 radical (unpaired) electrons. The Morgan fingerprint density at radius 2 is 1.69 bits per heavy atom. The molecule has 0 saturated heterocycles. The zero-order chi connectivity index (χ0) is 25.4. The van der Waals surface area contributed by atoms with E-state index in [1.54, 1.807) is 24.3 Å². The molecule has 0 fully saturated rings. The van der Waals surface area contributed by atoms with Crippen molar-refractivity contribution >= 4 is 23.8 Å². The summed E-state index contributed by atoms with van der Waals surface area (Å²) >= 11 is 0. The predicted molar refractivity (Wildman–Crippen MR) is 131 cm³/mol. The van der Waals surface area contributed by atoms with Crippen molar-refractivity contribution in [3.05, 3.63) is 99.6 Å². The minimum atomic E-state index is -0.657. The summed E-state index contributed by atoms with van der Waals surface area (Å²) in [6.45, 7) is 6.16. The number of nitrogens with zero attached hydrogens (tertiary/aromatic N) is 2. The summed E-state index contributed by atoms with van der Waals surface area (Å²) in [6.07, 6.45) is 1.40. The first-order valence-corrected chi connectivity index (χ1v) is 10.7. The molecule has 0 saturated carbocycles. The van der Waals surface area contributed by atoms with E-state index in [0.717, 1.165) is 0 Å². The van der Waals surface area contributed by atoms with Gasteiger partial charge in [0.05, 0.1) is 16.7 Å². The monoisotopic (exact) mass is 475 g/mol. The van der Waals surface area contributed by atoms with Crippen LogP contribution in [0.15, 0.2) is 77.9 Å². The number of benzene rings is 3. The third-order valence-corrected chi connectivity index (χ3v) is 4.88. The Balaban J connectivity index is 1.50. The van der Waals surface area contributed by atoms with Crippen LogP contribution in [0.2, 0.25) is 0 Å². The molecule has 0 aliphatic heterocycles. The molecular weight excluding hydrogens is 450 g/mol. The first kappa shape index (κ1) is 25.1. The predicted octanol–water partition coefficient (Wildman–Crippen LogP) is 4.64. The van der Waals surface area contributed by atoms with E-state index in [2.05, 4.69) is 31.3 Å². The van der Waals surface area contributed by atoms with Crippen molar-refractivity contribution < 1.29 is 24.0 Å². The highest BCUT2D eigenvalue weighted by molar-refractivity contribution is 5.91. The molecule has 0 aliphatic carbocycles. The largest absolute Gasteiger partial charge is 0.484 e. The van der Waals surface area contributed by atoms with E-state index >= 15 is 0 Å². The molecule has 9 nitrogen and oxygen atoms in total. The molecule has 3 aromatic carbocycles. The van der Waals surface area contributed by atoms with Gasteiger partial charge in [-0.1, -0.05) is 45.0 Å². The van der Waals surface area contributed by atoms with Gasteiger partial charge in [0.1, 0.15) is 11.5 Å². The maximum absolute atomic E-state index is 12.3. The average molecular weight is 476 g/mol. The Hall–Kier alpha value is -4.53. The molecular formula is C26H25N3O6. The number of nitrogens with one attached hydrogen (secondary N) is 1. The zero-order valence-corrected chi connectivity index (χ0v) is 19.6. The van der Waals surface area contributed by atoms with Crippen LogP contribution in [-0.2, 0) is 10.2 Å². The molecule has 3 aromatic rings. The summed E-state index contributed by atoms with van der Waals surface area (Å²) in [7, 11) is 0. The van der Waals surface area contributed by atoms with E-state index in [9.17, 15) is 19.7 Å². The Morgan fingerprint density at radius 1 is 1.00 bits per heavy atom. The molecule has 180 valence electrons. The van der Waals surface area contributed by atoms with Gasteiger partial charge in [-0.3, -0.25) is 14.9 Å². The Kier molecular flexibility index (Phi) is 7.93. The van der Waals surface area contributed by atoms with Gasteiger partial charge in [0.25, 0.3) is 11.6 Å². The van der Waals surface area contributed by atoms with Gasteiger partial charge < -0.3 is 9.47 Å². The van der Waals surface area contributed by atoms with E-state index in [4.69, 9.17) is 9.47 Å². The third kappa shape index (κ3) is 7.50. The molecule has 9 heteroatoms. The van der Waals surface area contributed by atoms with Crippen LogP contribution >= 0.6 is 0 Å². The Labute approximate surface area is 202 Å². The number of rotatable bonds is 8. The average Bonchev–Trinajstić information content (AvgIpc) is 2.83. The second-order valence-corrected chi connectivity index (χ2v) is 8.62. The van der Waals surface area contributed by atoms with Crippen molar-refractivity contribution in [2.75, 3.05) is 6.61 Å². The summed E-state index contributed by atoms with van der Waals surface area (Å²) in [5, 5.41) is 14.6. The van der Waals surface area contributed by atoms with Crippen LogP contribution in [-0.4, -0.2) is 29.6 Å². The summed E-state index contributed by atoms with van der Waals surface area (Å²) in [5.74, 6) is -0.248. The lowest BCUT2D eigenvalue weighted by molar-refractivity contribution is -0.384. The number of amides is 1. The Morgan fingerprint density at radius 3 is 2.31 bits per heavy atom. The molecule has 0 aliphatic rings. The molecule has 0 aromatic heterocycles. The normalized spacial score (nSPS) is 11.2. The molecule has 0 atom stereocenters. The van der Waals surface area contributed by atoms with E-state index < -0.39 is 16.8 Å². The van der Waals surface area contributed by atoms with E-state index in [0.29, 0.717) is 11.3 Å². The van der Waals surface area contributed by atoms with Gasteiger partial charge in [0.15, 0.2) is 6.61 Å². The van der Waals surface area contributed by atoms with Crippen molar-refractivity contribution in [1.82, 2.24) is 5.43 Å². The lowest BCUT2D eigenvalue weighted by Gasteiger charge is -2.19. The minimum absolute atomic E-state index is 0.0327. The smallest absolute Gasteiger partial charge is 0.343 e. The van der Waals surface area contributed by atoms with E-state index in [1.165, 1.54) is 36.0 Å². The number of ether oxygens (including phenoxy) is 2. The van der Waals surface area contributed by atoms with Crippen LogP contribution < -0.4 is 14.9 Å². The standard InChI is InChI=1S/C26H25N3O6/c1-26(2,3)20-9-13-22(14-10-20)34-17-24(30)28-27-16-18-5-4-6-23(15-18)35-25(31)19-7-11-21(12-8-19)29(32)33/h4-16H,17H2,1-3H3,(H,28,30)/b27-16+. The number of hydrogen-bond acceptors (Lipinski definition) is 7. The highest BCUT2D eigenvalue weighted by Crippen LogP contribution is 2.24.